The normalized spacial score (nSPS) is 11.7. The Bertz CT molecular complexity index is 2710. The van der Waals surface area contributed by atoms with Gasteiger partial charge in [0.1, 0.15) is 21.4 Å². The number of nitrogens with two attached hydrogens (primary N) is 2. The molecular formula is C38H26Cl2N6O6S2. The number of aryl methyl sites for hydroxylation is 2. The third-order valence-corrected chi connectivity index (χ3v) is 12.2. The van der Waals surface area contributed by atoms with Crippen LogP contribution in [-0.2, 0) is 13.1 Å². The van der Waals surface area contributed by atoms with Gasteiger partial charge in [-0.1, -0.05) is 35.3 Å². The first-order valence-electron chi connectivity index (χ1n) is 16.4. The number of nitrogens with zero attached hydrogens (tertiary/aromatic N) is 4. The van der Waals surface area contributed by atoms with Crippen LogP contribution in [0.25, 0.3) is 65.0 Å². The predicted molar refractivity (Wildman–Crippen MR) is 211 cm³/mol. The molecule has 0 saturated carbocycles. The summed E-state index contributed by atoms with van der Waals surface area (Å²) >= 11 is 15.6. The Kier molecular flexibility index (Phi) is 8.85. The van der Waals surface area contributed by atoms with E-state index in [1.807, 2.05) is 9.13 Å². The number of unbranched alkanes of at least 4 members (excludes halogenated alkanes) is 1. The lowest BCUT2D eigenvalue weighted by atomic mass is 10.1. The number of hydrogen-bond acceptors (Lipinski definition) is 8. The van der Waals surface area contributed by atoms with Crippen molar-refractivity contribution in [3.8, 4) is 22.8 Å². The molecule has 0 aliphatic carbocycles. The average Bonchev–Trinajstić information content (AvgIpc) is 3.90. The van der Waals surface area contributed by atoms with Gasteiger partial charge in [0, 0.05) is 44.4 Å². The average molecular weight is 798 g/mol. The minimum Gasteiger partial charge on any atom is -0.477 e. The molecule has 8 rings (SSSR count). The van der Waals surface area contributed by atoms with E-state index in [0.717, 1.165) is 22.7 Å². The van der Waals surface area contributed by atoms with Crippen LogP contribution in [-0.4, -0.2) is 53.1 Å². The molecule has 0 aliphatic rings. The molecule has 0 atom stereocenters. The molecular weight excluding hydrogens is 771 g/mol. The minimum absolute atomic E-state index is 0.0746. The monoisotopic (exact) mass is 796 g/mol. The highest BCUT2D eigenvalue weighted by Crippen LogP contribution is 2.44. The summed E-state index contributed by atoms with van der Waals surface area (Å²) in [5, 5.41) is 22.5. The van der Waals surface area contributed by atoms with Gasteiger partial charge in [-0.25, -0.2) is 19.6 Å². The Morgan fingerprint density at radius 2 is 1.04 bits per heavy atom. The molecule has 0 radical (unpaired) electrons. The van der Waals surface area contributed by atoms with Crippen molar-refractivity contribution in [1.29, 1.82) is 0 Å². The molecule has 16 heteroatoms. The van der Waals surface area contributed by atoms with Gasteiger partial charge in [-0.2, -0.15) is 0 Å². The Balaban J connectivity index is 1.22. The number of rotatable bonds is 11. The summed E-state index contributed by atoms with van der Waals surface area (Å²) in [6.07, 6.45) is 1.09. The number of hydrogen-bond donors (Lipinski definition) is 4. The molecule has 4 heterocycles. The van der Waals surface area contributed by atoms with Crippen LogP contribution in [0.15, 0.2) is 72.8 Å². The molecule has 54 heavy (non-hydrogen) atoms. The van der Waals surface area contributed by atoms with E-state index in [9.17, 15) is 29.4 Å². The number of fused-ring (bicyclic) bond motifs is 4. The Morgan fingerprint density at radius 3 is 1.41 bits per heavy atom. The lowest BCUT2D eigenvalue weighted by molar-refractivity contribution is 0.0692. The number of benzene rings is 4. The Morgan fingerprint density at radius 1 is 0.630 bits per heavy atom. The third kappa shape index (κ3) is 5.83. The first-order chi connectivity index (χ1) is 25.9. The van der Waals surface area contributed by atoms with Gasteiger partial charge in [0.15, 0.2) is 0 Å². The van der Waals surface area contributed by atoms with Crippen molar-refractivity contribution in [2.45, 2.75) is 25.9 Å². The van der Waals surface area contributed by atoms with Crippen molar-refractivity contribution in [3.63, 3.8) is 0 Å². The number of amides is 2. The number of carbonyl (C=O) groups is 4. The van der Waals surface area contributed by atoms with Crippen LogP contribution in [0.3, 0.4) is 0 Å². The maximum absolute atomic E-state index is 12.6. The van der Waals surface area contributed by atoms with E-state index in [1.165, 1.54) is 0 Å². The molecule has 8 aromatic rings. The second-order valence-electron chi connectivity index (χ2n) is 12.5. The van der Waals surface area contributed by atoms with Gasteiger partial charge in [-0.3, -0.25) is 9.59 Å². The first kappa shape index (κ1) is 35.2. The van der Waals surface area contributed by atoms with Gasteiger partial charge in [-0.05, 0) is 73.5 Å². The summed E-state index contributed by atoms with van der Waals surface area (Å²) in [7, 11) is 0. The number of carboxylic acid groups (broad SMARTS) is 2. The topological polar surface area (TPSA) is 196 Å². The molecule has 0 unspecified atom stereocenters. The van der Waals surface area contributed by atoms with E-state index in [2.05, 4.69) is 0 Å². The molecule has 0 bridgehead atoms. The van der Waals surface area contributed by atoms with Crippen molar-refractivity contribution in [2.75, 3.05) is 0 Å². The highest BCUT2D eigenvalue weighted by atomic mass is 35.5. The molecule has 0 saturated heterocycles. The van der Waals surface area contributed by atoms with Crippen molar-refractivity contribution < 1.29 is 29.4 Å². The van der Waals surface area contributed by atoms with Gasteiger partial charge in [-0.15, -0.1) is 22.7 Å². The molecule has 0 aliphatic heterocycles. The van der Waals surface area contributed by atoms with Crippen LogP contribution in [0.1, 0.15) is 52.9 Å². The fraction of sp³-hybridized carbons (Fsp3) is 0.105. The van der Waals surface area contributed by atoms with E-state index in [-0.39, 0.29) is 20.9 Å². The van der Waals surface area contributed by atoms with E-state index in [1.54, 1.807) is 72.8 Å². The number of carboxylic acids is 2. The first-order valence-corrected chi connectivity index (χ1v) is 18.8. The highest BCUT2D eigenvalue weighted by Gasteiger charge is 2.28. The summed E-state index contributed by atoms with van der Waals surface area (Å²) in [5.41, 5.74) is 14.7. The standard InChI is InChI=1S/C38H26Cl2N6O6S2/c39-19-5-3-7-25-27(19)29(31(53-25)37(49)50)35-43-21-15-17(33(41)47)9-11-23(21)45(35)13-1-2-14-46-24-12-10-18(34(42)48)16-22(24)44-36(46)30-28-20(40)6-4-8-26(28)54-32(30)38(51)52/h3-12,15-16H,1-2,13-14H2,(H2,41,47)(H2,42,48)(H,49,50)(H,51,52). The maximum atomic E-state index is 12.6. The van der Waals surface area contributed by atoms with Crippen LogP contribution < -0.4 is 11.5 Å². The zero-order valence-corrected chi connectivity index (χ0v) is 30.9. The third-order valence-electron chi connectivity index (χ3n) is 9.24. The maximum Gasteiger partial charge on any atom is 0.346 e. The summed E-state index contributed by atoms with van der Waals surface area (Å²) in [6.45, 7) is 0.758. The van der Waals surface area contributed by atoms with E-state index in [0.29, 0.717) is 101 Å². The van der Waals surface area contributed by atoms with Crippen molar-refractivity contribution in [3.05, 3.63) is 104 Å². The molecule has 2 amide bonds. The van der Waals surface area contributed by atoms with Crippen molar-refractivity contribution in [1.82, 2.24) is 19.1 Å². The van der Waals surface area contributed by atoms with Gasteiger partial charge in [0.05, 0.1) is 43.2 Å². The van der Waals surface area contributed by atoms with Crippen LogP contribution in [0.4, 0.5) is 0 Å². The van der Waals surface area contributed by atoms with Crippen LogP contribution in [0.2, 0.25) is 10.0 Å². The fourth-order valence-electron chi connectivity index (χ4n) is 6.88. The molecule has 0 spiro atoms. The van der Waals surface area contributed by atoms with Crippen LogP contribution in [0, 0.1) is 0 Å². The predicted octanol–water partition coefficient (Wildman–Crippen LogP) is 8.53. The number of aromatic nitrogens is 4. The van der Waals surface area contributed by atoms with Gasteiger partial charge < -0.3 is 30.8 Å². The minimum atomic E-state index is -1.13. The van der Waals surface area contributed by atoms with E-state index in [4.69, 9.17) is 44.6 Å². The summed E-state index contributed by atoms with van der Waals surface area (Å²) in [6, 6.07) is 20.3. The quantitative estimate of drug-likeness (QED) is 0.0934. The van der Waals surface area contributed by atoms with Gasteiger partial charge >= 0.3 is 11.9 Å². The van der Waals surface area contributed by atoms with E-state index < -0.39 is 23.8 Å². The zero-order chi connectivity index (χ0) is 38.0. The Hall–Kier alpha value is -5.80. The number of imidazole rings is 2. The molecule has 4 aromatic carbocycles. The van der Waals surface area contributed by atoms with Crippen LogP contribution in [0.5, 0.6) is 0 Å². The lowest BCUT2D eigenvalue weighted by Gasteiger charge is -2.13. The summed E-state index contributed by atoms with van der Waals surface area (Å²) in [5.74, 6) is -2.75. The number of primary amides is 2. The van der Waals surface area contributed by atoms with Crippen molar-refractivity contribution >= 4 is 112 Å². The molecule has 0 fully saturated rings. The largest absolute Gasteiger partial charge is 0.477 e. The van der Waals surface area contributed by atoms with Crippen molar-refractivity contribution in [2.24, 2.45) is 11.5 Å². The second-order valence-corrected chi connectivity index (χ2v) is 15.4. The summed E-state index contributed by atoms with van der Waals surface area (Å²) < 4.78 is 5.20. The lowest BCUT2D eigenvalue weighted by Crippen LogP contribution is -2.10. The smallest absolute Gasteiger partial charge is 0.346 e. The number of aromatic carboxylic acids is 2. The Labute approximate surface area is 322 Å². The molecule has 270 valence electrons. The fourth-order valence-corrected chi connectivity index (χ4v) is 9.66. The molecule has 6 N–H and O–H groups in total. The SMILES string of the molecule is NC(=O)c1ccc2c(c1)nc(-c1c(C(=O)O)sc3cccc(Cl)c13)n2CCCCn1c(-c2c(C(=O)O)sc3cccc(Cl)c23)nc2cc(C(N)=O)ccc21. The molecule has 4 aromatic heterocycles. The zero-order valence-electron chi connectivity index (χ0n) is 27.8. The van der Waals surface area contributed by atoms with Crippen LogP contribution >= 0.6 is 45.9 Å². The number of halogens is 2. The second kappa shape index (κ2) is 13.6. The summed E-state index contributed by atoms with van der Waals surface area (Å²) in [4.78, 5) is 59.2. The van der Waals surface area contributed by atoms with E-state index >= 15 is 0 Å². The van der Waals surface area contributed by atoms with Gasteiger partial charge in [0.25, 0.3) is 0 Å². The number of thiophene rings is 2. The molecule has 12 nitrogen and oxygen atoms in total. The van der Waals surface area contributed by atoms with Gasteiger partial charge in [0.2, 0.25) is 11.8 Å². The highest BCUT2D eigenvalue weighted by molar-refractivity contribution is 7.22. The number of carbonyl (C=O) groups excluding carboxylic acids is 2.